The first kappa shape index (κ1) is 11.2. The van der Waals surface area contributed by atoms with Crippen LogP contribution in [0.25, 0.3) is 0 Å². The summed E-state index contributed by atoms with van der Waals surface area (Å²) in [6, 6.07) is 5.05. The van der Waals surface area contributed by atoms with Crippen LogP contribution in [0.3, 0.4) is 0 Å². The van der Waals surface area contributed by atoms with Crippen molar-refractivity contribution in [2.24, 2.45) is 11.3 Å². The molecule has 0 radical (unpaired) electrons. The molecule has 0 aliphatic heterocycles. The van der Waals surface area contributed by atoms with E-state index in [0.29, 0.717) is 5.41 Å². The third-order valence-electron chi connectivity index (χ3n) is 4.44. The molecule has 0 atom stereocenters. The molecule has 0 spiro atoms. The molecule has 17 heavy (non-hydrogen) atoms. The van der Waals surface area contributed by atoms with Crippen LogP contribution in [0, 0.1) is 24.1 Å². The Morgan fingerprint density at radius 3 is 2.76 bits per heavy atom. The number of halogens is 1. The molecule has 0 saturated heterocycles. The van der Waals surface area contributed by atoms with Crippen molar-refractivity contribution < 1.29 is 4.39 Å². The Morgan fingerprint density at radius 1 is 1.35 bits per heavy atom. The van der Waals surface area contributed by atoms with Crippen LogP contribution in [0.1, 0.15) is 36.8 Å². The second kappa shape index (κ2) is 4.09. The number of aryl methyl sites for hydroxylation is 1. The van der Waals surface area contributed by atoms with Gasteiger partial charge in [-0.1, -0.05) is 6.07 Å². The first-order chi connectivity index (χ1) is 8.20. The Morgan fingerprint density at radius 2 is 2.12 bits per heavy atom. The Kier molecular flexibility index (Phi) is 2.70. The lowest BCUT2D eigenvalue weighted by atomic mass is 10.0. The normalized spacial score (nSPS) is 21.5. The van der Waals surface area contributed by atoms with Gasteiger partial charge < -0.3 is 5.32 Å². The van der Waals surface area contributed by atoms with Crippen LogP contribution in [0.15, 0.2) is 18.2 Å². The topological polar surface area (TPSA) is 12.0 Å². The van der Waals surface area contributed by atoms with Gasteiger partial charge in [-0.2, -0.15) is 0 Å². The Hall–Kier alpha value is -0.890. The molecule has 2 fully saturated rings. The summed E-state index contributed by atoms with van der Waals surface area (Å²) in [5.41, 5.74) is 2.90. The number of hydrogen-bond acceptors (Lipinski definition) is 1. The average Bonchev–Trinajstić information content (AvgIpc) is 3.14. The van der Waals surface area contributed by atoms with E-state index in [9.17, 15) is 4.39 Å². The smallest absolute Gasteiger partial charge is 0.123 e. The van der Waals surface area contributed by atoms with E-state index < -0.39 is 0 Å². The van der Waals surface area contributed by atoms with Gasteiger partial charge in [-0.15, -0.1) is 0 Å². The van der Waals surface area contributed by atoms with Crippen molar-refractivity contribution in [1.29, 1.82) is 0 Å². The predicted octanol–water partition coefficient (Wildman–Crippen LogP) is 3.41. The largest absolute Gasteiger partial charge is 0.312 e. The molecule has 2 heteroatoms. The summed E-state index contributed by atoms with van der Waals surface area (Å²) >= 11 is 0. The fraction of sp³-hybridized carbons (Fsp3) is 0.600. The standard InChI is InChI=1S/C15H20FN/c1-11-2-5-14(16)8-12(11)9-17-10-15(6-7-15)13-3-4-13/h2,5,8,13,17H,3-4,6-7,9-10H2,1H3. The van der Waals surface area contributed by atoms with E-state index in [2.05, 4.69) is 5.32 Å². The number of nitrogens with one attached hydrogen (secondary N) is 1. The van der Waals surface area contributed by atoms with Crippen LogP contribution in [-0.4, -0.2) is 6.54 Å². The van der Waals surface area contributed by atoms with Gasteiger partial charge in [0.25, 0.3) is 0 Å². The summed E-state index contributed by atoms with van der Waals surface area (Å²) in [4.78, 5) is 0. The van der Waals surface area contributed by atoms with Crippen molar-refractivity contribution in [2.45, 2.75) is 39.2 Å². The molecule has 0 bridgehead atoms. The van der Waals surface area contributed by atoms with Crippen LogP contribution < -0.4 is 5.32 Å². The van der Waals surface area contributed by atoms with Gasteiger partial charge in [-0.3, -0.25) is 0 Å². The van der Waals surface area contributed by atoms with Crippen molar-refractivity contribution in [2.75, 3.05) is 6.54 Å². The van der Waals surface area contributed by atoms with Gasteiger partial charge in [0.05, 0.1) is 0 Å². The molecule has 1 aromatic rings. The summed E-state index contributed by atoms with van der Waals surface area (Å²) in [5, 5.41) is 3.53. The van der Waals surface area contributed by atoms with Crippen LogP contribution in [-0.2, 0) is 6.54 Å². The lowest BCUT2D eigenvalue weighted by molar-refractivity contribution is 0.403. The minimum atomic E-state index is -0.129. The van der Waals surface area contributed by atoms with Gasteiger partial charge in [-0.25, -0.2) is 4.39 Å². The summed E-state index contributed by atoms with van der Waals surface area (Å²) in [6.45, 7) is 3.97. The minimum absolute atomic E-state index is 0.129. The van der Waals surface area contributed by atoms with E-state index in [1.165, 1.54) is 37.3 Å². The molecule has 2 saturated carbocycles. The maximum absolute atomic E-state index is 13.1. The molecule has 1 aromatic carbocycles. The third kappa shape index (κ3) is 2.37. The predicted molar refractivity (Wildman–Crippen MR) is 67.2 cm³/mol. The van der Waals surface area contributed by atoms with Crippen molar-refractivity contribution in [1.82, 2.24) is 5.32 Å². The van der Waals surface area contributed by atoms with E-state index in [-0.39, 0.29) is 5.82 Å². The first-order valence-corrected chi connectivity index (χ1v) is 6.65. The highest BCUT2D eigenvalue weighted by Crippen LogP contribution is 2.60. The second-order valence-electron chi connectivity index (χ2n) is 5.81. The number of hydrogen-bond donors (Lipinski definition) is 1. The number of benzene rings is 1. The van der Waals surface area contributed by atoms with E-state index in [4.69, 9.17) is 0 Å². The molecule has 0 aromatic heterocycles. The monoisotopic (exact) mass is 233 g/mol. The molecule has 0 amide bonds. The van der Waals surface area contributed by atoms with Gasteiger partial charge in [0.15, 0.2) is 0 Å². The summed E-state index contributed by atoms with van der Waals surface area (Å²) in [7, 11) is 0. The van der Waals surface area contributed by atoms with Crippen LogP contribution in [0.2, 0.25) is 0 Å². The summed E-state index contributed by atoms with van der Waals surface area (Å²) in [5.74, 6) is 0.860. The van der Waals surface area contributed by atoms with Crippen molar-refractivity contribution >= 4 is 0 Å². The number of rotatable bonds is 5. The van der Waals surface area contributed by atoms with Crippen molar-refractivity contribution in [3.05, 3.63) is 35.1 Å². The van der Waals surface area contributed by atoms with Gasteiger partial charge in [0.1, 0.15) is 5.82 Å². The third-order valence-corrected chi connectivity index (χ3v) is 4.44. The van der Waals surface area contributed by atoms with Crippen molar-refractivity contribution in [3.8, 4) is 0 Å². The van der Waals surface area contributed by atoms with Crippen LogP contribution in [0.5, 0.6) is 0 Å². The highest BCUT2D eigenvalue weighted by Gasteiger charge is 2.53. The molecule has 2 aliphatic rings. The Bertz CT molecular complexity index is 419. The Balaban J connectivity index is 1.55. The van der Waals surface area contributed by atoms with Gasteiger partial charge >= 0.3 is 0 Å². The molecule has 1 nitrogen and oxygen atoms in total. The first-order valence-electron chi connectivity index (χ1n) is 6.65. The fourth-order valence-electron chi connectivity index (χ4n) is 2.86. The highest BCUT2D eigenvalue weighted by molar-refractivity contribution is 5.26. The molecule has 2 aliphatic carbocycles. The van der Waals surface area contributed by atoms with E-state index in [1.54, 1.807) is 6.07 Å². The van der Waals surface area contributed by atoms with Gasteiger partial charge in [0, 0.05) is 13.1 Å². The maximum Gasteiger partial charge on any atom is 0.123 e. The fourth-order valence-corrected chi connectivity index (χ4v) is 2.86. The molecule has 0 heterocycles. The SMILES string of the molecule is Cc1ccc(F)cc1CNCC1(C2CC2)CC1. The van der Waals surface area contributed by atoms with E-state index in [1.807, 2.05) is 13.0 Å². The molecular weight excluding hydrogens is 213 g/mol. The molecule has 1 N–H and O–H groups in total. The molecular formula is C15H20FN. The summed E-state index contributed by atoms with van der Waals surface area (Å²) < 4.78 is 13.1. The van der Waals surface area contributed by atoms with Crippen molar-refractivity contribution in [3.63, 3.8) is 0 Å². The lowest BCUT2D eigenvalue weighted by Crippen LogP contribution is -2.25. The van der Waals surface area contributed by atoms with Gasteiger partial charge in [-0.05, 0) is 67.2 Å². The summed E-state index contributed by atoms with van der Waals surface area (Å²) in [6.07, 6.45) is 5.65. The quantitative estimate of drug-likeness (QED) is 0.821. The zero-order valence-corrected chi connectivity index (χ0v) is 10.4. The van der Waals surface area contributed by atoms with E-state index >= 15 is 0 Å². The average molecular weight is 233 g/mol. The maximum atomic E-state index is 13.1. The Labute approximate surface area is 102 Å². The highest BCUT2D eigenvalue weighted by atomic mass is 19.1. The molecule has 92 valence electrons. The zero-order chi connectivity index (χ0) is 11.9. The van der Waals surface area contributed by atoms with Crippen LogP contribution in [0.4, 0.5) is 4.39 Å². The second-order valence-corrected chi connectivity index (χ2v) is 5.81. The van der Waals surface area contributed by atoms with Crippen LogP contribution >= 0.6 is 0 Å². The van der Waals surface area contributed by atoms with E-state index in [0.717, 1.165) is 24.6 Å². The zero-order valence-electron chi connectivity index (χ0n) is 10.4. The minimum Gasteiger partial charge on any atom is -0.312 e. The van der Waals surface area contributed by atoms with Gasteiger partial charge in [0.2, 0.25) is 0 Å². The molecule has 0 unspecified atom stereocenters. The lowest BCUT2D eigenvalue weighted by Gasteiger charge is -2.15. The molecule has 3 rings (SSSR count).